The number of carboxylic acid groups (broad SMARTS) is 1. The van der Waals surface area contributed by atoms with Crippen molar-refractivity contribution in [2.45, 2.75) is 84.4 Å². The van der Waals surface area contributed by atoms with E-state index in [4.69, 9.17) is 4.74 Å². The Morgan fingerprint density at radius 1 is 1.15 bits per heavy atom. The molecule has 3 unspecified atom stereocenters. The molecule has 2 fully saturated rings. The number of rotatable bonds is 6. The van der Waals surface area contributed by atoms with E-state index in [-0.39, 0.29) is 40.3 Å². The highest BCUT2D eigenvalue weighted by atomic mass is 32.1. The van der Waals surface area contributed by atoms with E-state index in [1.54, 1.807) is 7.11 Å². The maximum Gasteiger partial charge on any atom is 0.348 e. The maximum absolute atomic E-state index is 14.0. The van der Waals surface area contributed by atoms with Crippen molar-refractivity contribution in [1.82, 2.24) is 4.90 Å². The lowest BCUT2D eigenvalue weighted by Crippen LogP contribution is -2.44. The number of aromatic carboxylic acids is 1. The Balaban J connectivity index is 2.05. The van der Waals surface area contributed by atoms with Gasteiger partial charge in [0.05, 0.1) is 16.7 Å². The number of ether oxygens (including phenoxy) is 1. The highest BCUT2D eigenvalue weighted by Gasteiger charge is 2.43. The van der Waals surface area contributed by atoms with Gasteiger partial charge in [-0.15, -0.1) is 11.3 Å². The van der Waals surface area contributed by atoms with Crippen molar-refractivity contribution in [3.05, 3.63) is 15.8 Å². The second-order valence-corrected chi connectivity index (χ2v) is 12.3. The third-order valence-electron chi connectivity index (χ3n) is 7.11. The van der Waals surface area contributed by atoms with Crippen LogP contribution < -0.4 is 4.90 Å². The van der Waals surface area contributed by atoms with Gasteiger partial charge in [-0.05, 0) is 85.4 Å². The smallest absolute Gasteiger partial charge is 0.348 e. The summed E-state index contributed by atoms with van der Waals surface area (Å²) < 4.78 is 5.78. The summed E-state index contributed by atoms with van der Waals surface area (Å²) in [4.78, 5) is 31.1. The molecule has 1 N–H and O–H groups in total. The minimum absolute atomic E-state index is 0.00579. The molecule has 6 nitrogen and oxygen atoms in total. The summed E-state index contributed by atoms with van der Waals surface area (Å²) >= 11 is 1.16. The Hall–Kier alpha value is -1.88. The molecule has 34 heavy (non-hydrogen) atoms. The molecule has 3 rings (SSSR count). The standard InChI is InChI=1S/C27H40N2O4S/c1-17-8-10-18(11-9-17)25(30)29(19-14-21(28(5)6)23(15-19)33-7)22-16-20(12-13-27(2,3)4)34-24(22)26(31)32/h16-19,21,23H,8-11,14-15H2,1-7H3,(H,31,32)/t17-,18-,19?,21?,23?. The highest BCUT2D eigenvalue weighted by Crippen LogP contribution is 2.40. The molecular weight excluding hydrogens is 448 g/mol. The summed E-state index contributed by atoms with van der Waals surface area (Å²) in [5, 5.41) is 10.1. The predicted octanol–water partition coefficient (Wildman–Crippen LogP) is 5.11. The van der Waals surface area contributed by atoms with Crippen molar-refractivity contribution in [3.8, 4) is 11.8 Å². The van der Waals surface area contributed by atoms with Gasteiger partial charge in [-0.2, -0.15) is 0 Å². The van der Waals surface area contributed by atoms with Crippen molar-refractivity contribution >= 4 is 28.9 Å². The number of thiophene rings is 1. The molecule has 0 aromatic carbocycles. The lowest BCUT2D eigenvalue weighted by molar-refractivity contribution is -0.124. The van der Waals surface area contributed by atoms with Crippen molar-refractivity contribution in [3.63, 3.8) is 0 Å². The van der Waals surface area contributed by atoms with Gasteiger partial charge >= 0.3 is 5.97 Å². The lowest BCUT2D eigenvalue weighted by atomic mass is 9.82. The summed E-state index contributed by atoms with van der Waals surface area (Å²) in [6.07, 6.45) is 5.22. The number of carbonyl (C=O) groups is 2. The average molecular weight is 489 g/mol. The monoisotopic (exact) mass is 488 g/mol. The minimum atomic E-state index is -1.01. The Labute approximate surface area is 208 Å². The normalized spacial score (nSPS) is 27.4. The van der Waals surface area contributed by atoms with Gasteiger partial charge in [0.25, 0.3) is 0 Å². The summed E-state index contributed by atoms with van der Waals surface area (Å²) in [6, 6.07) is 1.88. The first-order valence-electron chi connectivity index (χ1n) is 12.3. The molecule has 1 amide bonds. The van der Waals surface area contributed by atoms with Gasteiger partial charge in [0.1, 0.15) is 4.88 Å². The van der Waals surface area contributed by atoms with Gasteiger partial charge in [0, 0.05) is 30.5 Å². The number of methoxy groups -OCH3 is 1. The SMILES string of the molecule is COC1CC(N(c2cc(C#CC(C)(C)C)sc2C(=O)O)C(=O)[C@H]2CC[C@H](C)CC2)CC1N(C)C. The molecule has 2 aliphatic rings. The quantitative estimate of drug-likeness (QED) is 0.564. The molecule has 0 spiro atoms. The van der Waals surface area contributed by atoms with E-state index in [1.807, 2.05) is 45.8 Å². The van der Waals surface area contributed by atoms with Gasteiger partial charge < -0.3 is 19.6 Å². The van der Waals surface area contributed by atoms with E-state index >= 15 is 0 Å². The number of anilines is 1. The van der Waals surface area contributed by atoms with Gasteiger partial charge in [0.2, 0.25) is 5.91 Å². The van der Waals surface area contributed by atoms with Crippen LogP contribution in [0.15, 0.2) is 6.07 Å². The van der Waals surface area contributed by atoms with Crippen LogP contribution in [0.5, 0.6) is 0 Å². The number of hydrogen-bond donors (Lipinski definition) is 1. The number of likely N-dealkylation sites (N-methyl/N-ethyl adjacent to an activating group) is 1. The van der Waals surface area contributed by atoms with E-state index in [9.17, 15) is 14.7 Å². The third-order valence-corrected chi connectivity index (χ3v) is 8.14. The lowest BCUT2D eigenvalue weighted by Gasteiger charge is -2.35. The van der Waals surface area contributed by atoms with Crippen molar-refractivity contribution in [1.29, 1.82) is 0 Å². The van der Waals surface area contributed by atoms with E-state index in [2.05, 4.69) is 23.7 Å². The Kier molecular flexibility index (Phi) is 8.49. The molecule has 1 aromatic rings. The molecule has 0 aliphatic heterocycles. The number of hydrogen-bond acceptors (Lipinski definition) is 5. The van der Waals surface area contributed by atoms with Gasteiger partial charge in [-0.3, -0.25) is 4.79 Å². The molecule has 2 aliphatic carbocycles. The van der Waals surface area contributed by atoms with Crippen LogP contribution in [-0.2, 0) is 9.53 Å². The molecule has 0 bridgehead atoms. The van der Waals surface area contributed by atoms with Crippen LogP contribution in [0.4, 0.5) is 5.69 Å². The molecular formula is C27H40N2O4S. The van der Waals surface area contributed by atoms with Crippen LogP contribution in [-0.4, -0.2) is 61.3 Å². The summed E-state index contributed by atoms with van der Waals surface area (Å²) in [5.74, 6) is 5.96. The Morgan fingerprint density at radius 2 is 1.79 bits per heavy atom. The summed E-state index contributed by atoms with van der Waals surface area (Å²) in [6.45, 7) is 8.31. The van der Waals surface area contributed by atoms with Crippen molar-refractivity contribution in [2.24, 2.45) is 17.3 Å². The molecule has 3 atom stereocenters. The van der Waals surface area contributed by atoms with Gasteiger partial charge in [-0.25, -0.2) is 4.79 Å². The maximum atomic E-state index is 14.0. The molecule has 0 saturated heterocycles. The predicted molar refractivity (Wildman–Crippen MR) is 138 cm³/mol. The van der Waals surface area contributed by atoms with E-state index in [0.717, 1.165) is 43.4 Å². The van der Waals surface area contributed by atoms with Crippen LogP contribution in [0, 0.1) is 29.1 Å². The fourth-order valence-corrected chi connectivity index (χ4v) is 6.02. The van der Waals surface area contributed by atoms with Crippen LogP contribution in [0.25, 0.3) is 0 Å². The van der Waals surface area contributed by atoms with E-state index in [1.165, 1.54) is 0 Å². The molecule has 188 valence electrons. The zero-order valence-electron chi connectivity index (χ0n) is 21.7. The molecule has 7 heteroatoms. The van der Waals surface area contributed by atoms with E-state index < -0.39 is 5.97 Å². The van der Waals surface area contributed by atoms with Crippen LogP contribution >= 0.6 is 11.3 Å². The second-order valence-electron chi connectivity index (χ2n) is 11.2. The molecule has 1 heterocycles. The number of amides is 1. The number of carboxylic acids is 1. The second kappa shape index (κ2) is 10.8. The molecule has 2 saturated carbocycles. The van der Waals surface area contributed by atoms with Crippen molar-refractivity contribution in [2.75, 3.05) is 26.1 Å². The fourth-order valence-electron chi connectivity index (χ4n) is 5.18. The summed E-state index contributed by atoms with van der Waals surface area (Å²) in [7, 11) is 5.77. The average Bonchev–Trinajstić information content (AvgIpc) is 3.37. The minimum Gasteiger partial charge on any atom is -0.477 e. The topological polar surface area (TPSA) is 70.1 Å². The molecule has 0 radical (unpaired) electrons. The number of carbonyl (C=O) groups excluding carboxylic acids is 1. The number of nitrogens with zero attached hydrogens (tertiary/aromatic N) is 2. The van der Waals surface area contributed by atoms with E-state index in [0.29, 0.717) is 22.9 Å². The first-order valence-corrected chi connectivity index (χ1v) is 13.2. The van der Waals surface area contributed by atoms with Crippen LogP contribution in [0.2, 0.25) is 0 Å². The van der Waals surface area contributed by atoms with Gasteiger partial charge in [0.15, 0.2) is 0 Å². The Bertz CT molecular complexity index is 944. The first-order chi connectivity index (χ1) is 15.9. The Morgan fingerprint density at radius 3 is 2.29 bits per heavy atom. The first kappa shape index (κ1) is 26.7. The zero-order chi connectivity index (χ0) is 25.2. The third kappa shape index (κ3) is 6.21. The van der Waals surface area contributed by atoms with Crippen LogP contribution in [0.1, 0.15) is 80.8 Å². The van der Waals surface area contributed by atoms with Gasteiger partial charge in [-0.1, -0.05) is 18.8 Å². The zero-order valence-corrected chi connectivity index (χ0v) is 22.5. The summed E-state index contributed by atoms with van der Waals surface area (Å²) in [5.41, 5.74) is 0.302. The van der Waals surface area contributed by atoms with Crippen LogP contribution in [0.3, 0.4) is 0 Å². The fraction of sp³-hybridized carbons (Fsp3) is 0.704. The molecule has 1 aromatic heterocycles. The highest BCUT2D eigenvalue weighted by molar-refractivity contribution is 7.15. The largest absolute Gasteiger partial charge is 0.477 e. The van der Waals surface area contributed by atoms with Crippen molar-refractivity contribution < 1.29 is 19.4 Å².